The average Bonchev–Trinajstić information content (AvgIpc) is 2.85. The summed E-state index contributed by atoms with van der Waals surface area (Å²) in [6.07, 6.45) is 0. The van der Waals surface area contributed by atoms with Crippen molar-refractivity contribution in [3.63, 3.8) is 0 Å². The van der Waals surface area contributed by atoms with Crippen LogP contribution in [0.3, 0.4) is 0 Å². The normalized spacial score (nSPS) is 13.2. The van der Waals surface area contributed by atoms with Gasteiger partial charge in [0.05, 0.1) is 5.69 Å². The Labute approximate surface area is 124 Å². The molecule has 0 aliphatic heterocycles. The fourth-order valence-corrected chi connectivity index (χ4v) is 2.69. The molecule has 1 aromatic carbocycles. The fraction of sp³-hybridized carbons (Fsp3) is 0.438. The maximum absolute atomic E-state index is 5.88. The lowest BCUT2D eigenvalue weighted by molar-refractivity contribution is 0.304. The topological polar surface area (TPSA) is 48.1 Å². The third-order valence-electron chi connectivity index (χ3n) is 3.07. The molecule has 0 radical (unpaired) electrons. The molecule has 0 spiro atoms. The number of thiazole rings is 1. The Kier molecular flexibility index (Phi) is 4.45. The zero-order chi connectivity index (χ0) is 14.8. The summed E-state index contributed by atoms with van der Waals surface area (Å²) >= 11 is 1.65. The van der Waals surface area contributed by atoms with E-state index in [-0.39, 0.29) is 11.5 Å². The maximum atomic E-state index is 5.88. The van der Waals surface area contributed by atoms with Gasteiger partial charge in [-0.25, -0.2) is 4.98 Å². The Morgan fingerprint density at radius 1 is 1.35 bits per heavy atom. The average molecular weight is 290 g/mol. The van der Waals surface area contributed by atoms with E-state index in [1.54, 1.807) is 11.3 Å². The van der Waals surface area contributed by atoms with Crippen molar-refractivity contribution in [3.05, 3.63) is 45.9 Å². The third kappa shape index (κ3) is 3.81. The quantitative estimate of drug-likeness (QED) is 0.924. The number of hydrogen-bond donors (Lipinski definition) is 1. The van der Waals surface area contributed by atoms with Gasteiger partial charge in [0, 0.05) is 16.8 Å². The number of hydrogen-bond acceptors (Lipinski definition) is 4. The fourth-order valence-electron chi connectivity index (χ4n) is 1.75. The van der Waals surface area contributed by atoms with Gasteiger partial charge in [0.15, 0.2) is 0 Å². The summed E-state index contributed by atoms with van der Waals surface area (Å²) < 4.78 is 5.80. The lowest BCUT2D eigenvalue weighted by Crippen LogP contribution is -2.11. The van der Waals surface area contributed by atoms with Crippen molar-refractivity contribution in [2.24, 2.45) is 5.73 Å². The van der Waals surface area contributed by atoms with Gasteiger partial charge >= 0.3 is 0 Å². The molecule has 0 aliphatic rings. The van der Waals surface area contributed by atoms with Gasteiger partial charge in [-0.15, -0.1) is 11.3 Å². The summed E-state index contributed by atoms with van der Waals surface area (Å²) in [5.41, 5.74) is 8.16. The highest BCUT2D eigenvalue weighted by Crippen LogP contribution is 2.25. The van der Waals surface area contributed by atoms with E-state index in [1.807, 2.05) is 31.2 Å². The van der Waals surface area contributed by atoms with Crippen molar-refractivity contribution in [1.29, 1.82) is 0 Å². The van der Waals surface area contributed by atoms with Gasteiger partial charge in [0.1, 0.15) is 17.4 Å². The largest absolute Gasteiger partial charge is 0.486 e. The molecule has 4 heteroatoms. The Hall–Kier alpha value is -1.39. The molecule has 1 heterocycles. The highest BCUT2D eigenvalue weighted by Gasteiger charge is 2.17. The molecule has 2 rings (SSSR count). The summed E-state index contributed by atoms with van der Waals surface area (Å²) in [6, 6.07) is 7.94. The van der Waals surface area contributed by atoms with Crippen LogP contribution < -0.4 is 10.5 Å². The predicted octanol–water partition coefficient (Wildman–Crippen LogP) is 4.04. The van der Waals surface area contributed by atoms with Gasteiger partial charge in [-0.1, -0.05) is 32.9 Å². The van der Waals surface area contributed by atoms with Gasteiger partial charge in [0.25, 0.3) is 0 Å². The van der Waals surface area contributed by atoms with Crippen LogP contribution in [0.25, 0.3) is 0 Å². The Bertz CT molecular complexity index is 570. The summed E-state index contributed by atoms with van der Waals surface area (Å²) in [5.74, 6) is 0.840. The SMILES string of the molecule is C[C@@H](N)c1cccc(OCc2nc(C(C)(C)C)cs2)c1. The first kappa shape index (κ1) is 15.0. The number of nitrogens with zero attached hydrogens (tertiary/aromatic N) is 1. The molecule has 2 N–H and O–H groups in total. The van der Waals surface area contributed by atoms with Crippen molar-refractivity contribution in [2.75, 3.05) is 0 Å². The molecule has 1 atom stereocenters. The van der Waals surface area contributed by atoms with E-state index in [0.717, 1.165) is 22.0 Å². The first-order valence-corrected chi connectivity index (χ1v) is 7.67. The zero-order valence-electron chi connectivity index (χ0n) is 12.5. The first-order valence-electron chi connectivity index (χ1n) is 6.79. The molecule has 3 nitrogen and oxygen atoms in total. The highest BCUT2D eigenvalue weighted by atomic mass is 32.1. The molecule has 2 aromatic rings. The number of ether oxygens (including phenoxy) is 1. The van der Waals surface area contributed by atoms with E-state index < -0.39 is 0 Å². The molecule has 1 aromatic heterocycles. The van der Waals surface area contributed by atoms with E-state index in [4.69, 9.17) is 10.5 Å². The van der Waals surface area contributed by atoms with Gasteiger partial charge < -0.3 is 10.5 Å². The van der Waals surface area contributed by atoms with Crippen LogP contribution in [0.2, 0.25) is 0 Å². The molecule has 0 saturated heterocycles. The smallest absolute Gasteiger partial charge is 0.140 e. The van der Waals surface area contributed by atoms with E-state index in [1.165, 1.54) is 0 Å². The molecule has 20 heavy (non-hydrogen) atoms. The van der Waals surface area contributed by atoms with E-state index >= 15 is 0 Å². The second-order valence-corrected chi connectivity index (χ2v) is 6.97. The Balaban J connectivity index is 2.02. The molecule has 0 unspecified atom stereocenters. The Morgan fingerprint density at radius 3 is 2.70 bits per heavy atom. The molecule has 0 fully saturated rings. The second-order valence-electron chi connectivity index (χ2n) is 6.03. The molecule has 0 saturated carbocycles. The standard InChI is InChI=1S/C16H22N2OS/c1-11(17)12-6-5-7-13(8-12)19-9-15-18-14(10-20-15)16(2,3)4/h5-8,10-11H,9,17H2,1-4H3/t11-/m1/s1. The molecule has 0 aliphatic carbocycles. The van der Waals surface area contributed by atoms with Gasteiger partial charge in [-0.05, 0) is 24.6 Å². The lowest BCUT2D eigenvalue weighted by Gasteiger charge is -2.14. The second kappa shape index (κ2) is 5.94. The summed E-state index contributed by atoms with van der Waals surface area (Å²) in [5, 5.41) is 3.11. The van der Waals surface area contributed by atoms with Gasteiger partial charge in [-0.2, -0.15) is 0 Å². The summed E-state index contributed by atoms with van der Waals surface area (Å²) in [7, 11) is 0. The van der Waals surface area contributed by atoms with E-state index in [2.05, 4.69) is 31.1 Å². The Morgan fingerprint density at radius 2 is 2.10 bits per heavy atom. The first-order chi connectivity index (χ1) is 9.36. The van der Waals surface area contributed by atoms with Crippen LogP contribution in [0.15, 0.2) is 29.6 Å². The monoisotopic (exact) mass is 290 g/mol. The molecular weight excluding hydrogens is 268 g/mol. The highest BCUT2D eigenvalue weighted by molar-refractivity contribution is 7.09. The van der Waals surface area contributed by atoms with Crippen LogP contribution in [0.4, 0.5) is 0 Å². The van der Waals surface area contributed by atoms with Gasteiger partial charge in [-0.3, -0.25) is 0 Å². The number of rotatable bonds is 4. The van der Waals surface area contributed by atoms with Crippen molar-refractivity contribution >= 4 is 11.3 Å². The number of benzene rings is 1. The molecule has 0 amide bonds. The predicted molar refractivity (Wildman–Crippen MR) is 84.2 cm³/mol. The molecule has 0 bridgehead atoms. The van der Waals surface area contributed by atoms with E-state index in [0.29, 0.717) is 6.61 Å². The van der Waals surface area contributed by atoms with Gasteiger partial charge in [0.2, 0.25) is 0 Å². The summed E-state index contributed by atoms with van der Waals surface area (Å²) in [4.78, 5) is 4.62. The summed E-state index contributed by atoms with van der Waals surface area (Å²) in [6.45, 7) is 8.97. The van der Waals surface area contributed by atoms with Crippen LogP contribution in [0.5, 0.6) is 5.75 Å². The lowest BCUT2D eigenvalue weighted by atomic mass is 9.93. The minimum atomic E-state index is 0.0194. The maximum Gasteiger partial charge on any atom is 0.140 e. The van der Waals surface area contributed by atoms with Crippen molar-refractivity contribution < 1.29 is 4.74 Å². The van der Waals surface area contributed by atoms with Crippen molar-refractivity contribution in [2.45, 2.75) is 45.8 Å². The minimum absolute atomic E-state index is 0.0194. The zero-order valence-corrected chi connectivity index (χ0v) is 13.3. The van der Waals surface area contributed by atoms with Crippen molar-refractivity contribution in [3.8, 4) is 5.75 Å². The third-order valence-corrected chi connectivity index (χ3v) is 3.89. The van der Waals surface area contributed by atoms with Crippen LogP contribution in [-0.4, -0.2) is 4.98 Å². The van der Waals surface area contributed by atoms with Crippen LogP contribution in [-0.2, 0) is 12.0 Å². The minimum Gasteiger partial charge on any atom is -0.486 e. The van der Waals surface area contributed by atoms with Crippen LogP contribution in [0.1, 0.15) is 50.0 Å². The van der Waals surface area contributed by atoms with E-state index in [9.17, 15) is 0 Å². The van der Waals surface area contributed by atoms with Crippen molar-refractivity contribution in [1.82, 2.24) is 4.98 Å². The van der Waals surface area contributed by atoms with Crippen LogP contribution in [0, 0.1) is 0 Å². The molecular formula is C16H22N2OS. The van der Waals surface area contributed by atoms with Crippen LogP contribution >= 0.6 is 11.3 Å². The number of aromatic nitrogens is 1. The molecule has 108 valence electrons. The number of nitrogens with two attached hydrogens (primary N) is 1.